The molecule has 1 heterocycles. The topological polar surface area (TPSA) is 51.0 Å². The Hall–Kier alpha value is -1.68. The quantitative estimate of drug-likeness (QED) is 0.879. The number of aromatic nitrogens is 2. The van der Waals surface area contributed by atoms with Crippen molar-refractivity contribution in [1.29, 1.82) is 0 Å². The van der Waals surface area contributed by atoms with E-state index in [0.717, 1.165) is 12.8 Å². The maximum absolute atomic E-state index is 5.60. The molecule has 1 atom stereocenters. The fraction of sp³-hybridized carbons (Fsp3) is 0.429. The second-order valence-electron chi connectivity index (χ2n) is 4.53. The number of aryl methyl sites for hydroxylation is 3. The van der Waals surface area contributed by atoms with Gasteiger partial charge in [0.15, 0.2) is 0 Å². The summed E-state index contributed by atoms with van der Waals surface area (Å²) < 4.78 is 5.60. The normalized spacial score (nSPS) is 12.6. The molecule has 0 bridgehead atoms. The van der Waals surface area contributed by atoms with Crippen LogP contribution in [0.1, 0.15) is 35.9 Å². The summed E-state index contributed by atoms with van der Waals surface area (Å²) in [5, 5.41) is 11.2. The van der Waals surface area contributed by atoms with Gasteiger partial charge < -0.3 is 9.73 Å². The highest BCUT2D eigenvalue weighted by Gasteiger charge is 2.11. The molecule has 1 aromatic heterocycles. The van der Waals surface area contributed by atoms with Gasteiger partial charge in [-0.3, -0.25) is 0 Å². The summed E-state index contributed by atoms with van der Waals surface area (Å²) in [7, 11) is 1.88. The number of hydrogen-bond donors (Lipinski definition) is 1. The van der Waals surface area contributed by atoms with Crippen molar-refractivity contribution in [3.63, 3.8) is 0 Å². The Morgan fingerprint density at radius 2 is 1.89 bits per heavy atom. The molecule has 1 aromatic carbocycles. The van der Waals surface area contributed by atoms with Crippen LogP contribution in [-0.2, 0) is 12.8 Å². The summed E-state index contributed by atoms with van der Waals surface area (Å²) in [6.07, 6.45) is 1.71. The van der Waals surface area contributed by atoms with Gasteiger partial charge in [0.05, 0.1) is 6.04 Å². The predicted octanol–water partition coefficient (Wildman–Crippen LogP) is 2.44. The van der Waals surface area contributed by atoms with E-state index in [1.165, 1.54) is 11.1 Å². The van der Waals surface area contributed by atoms with Crippen LogP contribution < -0.4 is 5.32 Å². The SMILES string of the molecule is CNC(C)c1nnc(CCc2ccc(C)cc2)o1. The van der Waals surface area contributed by atoms with E-state index in [4.69, 9.17) is 4.42 Å². The highest BCUT2D eigenvalue weighted by Crippen LogP contribution is 2.12. The minimum Gasteiger partial charge on any atom is -0.424 e. The van der Waals surface area contributed by atoms with Crippen LogP contribution in [0.4, 0.5) is 0 Å². The molecule has 0 aliphatic heterocycles. The van der Waals surface area contributed by atoms with Gasteiger partial charge in [-0.2, -0.15) is 0 Å². The second-order valence-corrected chi connectivity index (χ2v) is 4.53. The Balaban J connectivity index is 1.94. The molecule has 0 aliphatic carbocycles. The maximum atomic E-state index is 5.60. The molecule has 0 spiro atoms. The lowest BCUT2D eigenvalue weighted by Gasteiger charge is -2.02. The average molecular weight is 245 g/mol. The fourth-order valence-electron chi connectivity index (χ4n) is 1.67. The average Bonchev–Trinajstić information content (AvgIpc) is 2.86. The van der Waals surface area contributed by atoms with Crippen molar-refractivity contribution in [3.8, 4) is 0 Å². The van der Waals surface area contributed by atoms with Gasteiger partial charge in [0.25, 0.3) is 0 Å². The lowest BCUT2D eigenvalue weighted by molar-refractivity contribution is 0.405. The van der Waals surface area contributed by atoms with E-state index in [9.17, 15) is 0 Å². The third-order valence-electron chi connectivity index (χ3n) is 3.03. The molecule has 1 N–H and O–H groups in total. The van der Waals surface area contributed by atoms with Crippen LogP contribution in [0.2, 0.25) is 0 Å². The van der Waals surface area contributed by atoms with E-state index in [0.29, 0.717) is 11.8 Å². The summed E-state index contributed by atoms with van der Waals surface area (Å²) in [5.74, 6) is 1.35. The van der Waals surface area contributed by atoms with Gasteiger partial charge in [0.1, 0.15) is 0 Å². The molecular weight excluding hydrogens is 226 g/mol. The first-order valence-corrected chi connectivity index (χ1v) is 6.24. The molecule has 0 saturated carbocycles. The Morgan fingerprint density at radius 1 is 1.17 bits per heavy atom. The number of hydrogen-bond acceptors (Lipinski definition) is 4. The molecule has 2 rings (SSSR count). The van der Waals surface area contributed by atoms with Crippen LogP contribution >= 0.6 is 0 Å². The van der Waals surface area contributed by atoms with Gasteiger partial charge in [-0.1, -0.05) is 29.8 Å². The summed E-state index contributed by atoms with van der Waals surface area (Å²) in [4.78, 5) is 0. The molecule has 1 unspecified atom stereocenters. The van der Waals surface area contributed by atoms with Gasteiger partial charge in [-0.25, -0.2) is 0 Å². The van der Waals surface area contributed by atoms with Crippen molar-refractivity contribution in [1.82, 2.24) is 15.5 Å². The van der Waals surface area contributed by atoms with Crippen LogP contribution in [0.25, 0.3) is 0 Å². The van der Waals surface area contributed by atoms with Crippen LogP contribution in [0.15, 0.2) is 28.7 Å². The monoisotopic (exact) mass is 245 g/mol. The first-order valence-electron chi connectivity index (χ1n) is 6.24. The van der Waals surface area contributed by atoms with Gasteiger partial charge in [0.2, 0.25) is 11.8 Å². The van der Waals surface area contributed by atoms with Crippen molar-refractivity contribution in [2.75, 3.05) is 7.05 Å². The Bertz CT molecular complexity index is 490. The van der Waals surface area contributed by atoms with Crippen molar-refractivity contribution in [2.45, 2.75) is 32.7 Å². The van der Waals surface area contributed by atoms with E-state index in [1.807, 2.05) is 14.0 Å². The number of benzene rings is 1. The summed E-state index contributed by atoms with van der Waals surface area (Å²) in [5.41, 5.74) is 2.57. The Kier molecular flexibility index (Phi) is 4.10. The van der Waals surface area contributed by atoms with Gasteiger partial charge in [-0.15, -0.1) is 10.2 Å². The summed E-state index contributed by atoms with van der Waals surface area (Å²) in [6, 6.07) is 8.63. The van der Waals surface area contributed by atoms with Crippen LogP contribution in [0.3, 0.4) is 0 Å². The maximum Gasteiger partial charge on any atom is 0.233 e. The van der Waals surface area contributed by atoms with Crippen molar-refractivity contribution in [2.24, 2.45) is 0 Å². The van der Waals surface area contributed by atoms with E-state index >= 15 is 0 Å². The first kappa shape index (κ1) is 12.8. The van der Waals surface area contributed by atoms with Crippen LogP contribution in [-0.4, -0.2) is 17.2 Å². The van der Waals surface area contributed by atoms with Gasteiger partial charge >= 0.3 is 0 Å². The summed E-state index contributed by atoms with van der Waals surface area (Å²) >= 11 is 0. The van der Waals surface area contributed by atoms with Crippen LogP contribution in [0.5, 0.6) is 0 Å². The lowest BCUT2D eigenvalue weighted by Crippen LogP contribution is -2.12. The molecule has 0 saturated heterocycles. The molecule has 18 heavy (non-hydrogen) atoms. The number of nitrogens with one attached hydrogen (secondary N) is 1. The molecule has 0 amide bonds. The number of rotatable bonds is 5. The molecule has 0 aliphatic rings. The van der Waals surface area contributed by atoms with Crippen molar-refractivity contribution < 1.29 is 4.42 Å². The fourth-order valence-corrected chi connectivity index (χ4v) is 1.67. The predicted molar refractivity (Wildman–Crippen MR) is 70.4 cm³/mol. The van der Waals surface area contributed by atoms with E-state index in [1.54, 1.807) is 0 Å². The number of nitrogens with zero attached hydrogens (tertiary/aromatic N) is 2. The third kappa shape index (κ3) is 3.17. The molecule has 4 nitrogen and oxygen atoms in total. The zero-order chi connectivity index (χ0) is 13.0. The molecule has 0 fully saturated rings. The largest absolute Gasteiger partial charge is 0.424 e. The highest BCUT2D eigenvalue weighted by atomic mass is 16.4. The zero-order valence-electron chi connectivity index (χ0n) is 11.1. The zero-order valence-corrected chi connectivity index (χ0v) is 11.1. The highest BCUT2D eigenvalue weighted by molar-refractivity contribution is 5.21. The van der Waals surface area contributed by atoms with Gasteiger partial charge in [0, 0.05) is 6.42 Å². The summed E-state index contributed by atoms with van der Waals surface area (Å²) in [6.45, 7) is 4.09. The first-order chi connectivity index (χ1) is 8.69. The molecule has 4 heteroatoms. The van der Waals surface area contributed by atoms with E-state index in [2.05, 4.69) is 46.7 Å². The third-order valence-corrected chi connectivity index (χ3v) is 3.03. The molecule has 96 valence electrons. The molecule has 0 radical (unpaired) electrons. The lowest BCUT2D eigenvalue weighted by atomic mass is 10.1. The minimum absolute atomic E-state index is 0.102. The van der Waals surface area contributed by atoms with Crippen molar-refractivity contribution >= 4 is 0 Å². The van der Waals surface area contributed by atoms with Crippen molar-refractivity contribution in [3.05, 3.63) is 47.2 Å². The van der Waals surface area contributed by atoms with Gasteiger partial charge in [-0.05, 0) is 32.9 Å². The molecule has 2 aromatic rings. The Morgan fingerprint density at radius 3 is 2.56 bits per heavy atom. The Labute approximate surface area is 107 Å². The smallest absolute Gasteiger partial charge is 0.233 e. The standard InChI is InChI=1S/C14H19N3O/c1-10-4-6-12(7-5-10)8-9-13-16-17-14(18-13)11(2)15-3/h4-7,11,15H,8-9H2,1-3H3. The van der Waals surface area contributed by atoms with Crippen LogP contribution in [0, 0.1) is 6.92 Å². The van der Waals surface area contributed by atoms with E-state index < -0.39 is 0 Å². The second kappa shape index (κ2) is 5.78. The minimum atomic E-state index is 0.102. The van der Waals surface area contributed by atoms with E-state index in [-0.39, 0.29) is 6.04 Å². The molecular formula is C14H19N3O.